The quantitative estimate of drug-likeness (QED) is 0.282. The van der Waals surface area contributed by atoms with Crippen LogP contribution in [0.5, 0.6) is 0 Å². The van der Waals surface area contributed by atoms with Crippen LogP contribution in [0.25, 0.3) is 0 Å². The third kappa shape index (κ3) is 1.73. The van der Waals surface area contributed by atoms with Crippen molar-refractivity contribution in [3.8, 4) is 0 Å². The van der Waals surface area contributed by atoms with E-state index < -0.39 is 5.41 Å². The fourth-order valence-electron chi connectivity index (χ4n) is 2.11. The normalized spacial score (nSPS) is 25.6. The second-order valence-corrected chi connectivity index (χ2v) is 4.66. The van der Waals surface area contributed by atoms with E-state index >= 15 is 0 Å². The molecular weight excluding hydrogens is 208 g/mol. The summed E-state index contributed by atoms with van der Waals surface area (Å²) in [7, 11) is 2.04. The van der Waals surface area contributed by atoms with Crippen molar-refractivity contribution in [2.24, 2.45) is 16.3 Å². The molecule has 0 radical (unpaired) electrons. The van der Waals surface area contributed by atoms with Gasteiger partial charge in [-0.2, -0.15) is 0 Å². The van der Waals surface area contributed by atoms with Gasteiger partial charge in [0.05, 0.1) is 0 Å². The number of piperazine rings is 1. The summed E-state index contributed by atoms with van der Waals surface area (Å²) in [5, 5.41) is 11.7. The zero-order valence-corrected chi connectivity index (χ0v) is 9.52. The monoisotopic (exact) mass is 226 g/mol. The first-order valence-corrected chi connectivity index (χ1v) is 5.56. The predicted molar refractivity (Wildman–Crippen MR) is 59.2 cm³/mol. The molecule has 0 aromatic carbocycles. The van der Waals surface area contributed by atoms with Crippen LogP contribution < -0.4 is 5.73 Å². The molecule has 1 amide bonds. The van der Waals surface area contributed by atoms with Crippen molar-refractivity contribution in [1.82, 2.24) is 9.80 Å². The number of rotatable bonds is 2. The van der Waals surface area contributed by atoms with Crippen molar-refractivity contribution in [3.63, 3.8) is 0 Å². The van der Waals surface area contributed by atoms with E-state index in [1.165, 1.54) is 0 Å². The summed E-state index contributed by atoms with van der Waals surface area (Å²) >= 11 is 0. The van der Waals surface area contributed by atoms with Crippen molar-refractivity contribution >= 4 is 11.7 Å². The molecule has 1 aliphatic heterocycles. The third-order valence-electron chi connectivity index (χ3n) is 3.55. The highest BCUT2D eigenvalue weighted by molar-refractivity contribution is 6.09. The summed E-state index contributed by atoms with van der Waals surface area (Å²) < 4.78 is 0. The second-order valence-electron chi connectivity index (χ2n) is 4.66. The summed E-state index contributed by atoms with van der Waals surface area (Å²) in [6, 6.07) is 0. The highest BCUT2D eigenvalue weighted by Gasteiger charge is 2.55. The molecule has 2 fully saturated rings. The summed E-state index contributed by atoms with van der Waals surface area (Å²) in [5.41, 5.74) is 4.90. The third-order valence-corrected chi connectivity index (χ3v) is 3.55. The lowest BCUT2D eigenvalue weighted by molar-refractivity contribution is -0.136. The van der Waals surface area contributed by atoms with E-state index in [0.717, 1.165) is 26.2 Å². The Kier molecular flexibility index (Phi) is 2.75. The number of carbonyl (C=O) groups is 1. The topological polar surface area (TPSA) is 82.2 Å². The summed E-state index contributed by atoms with van der Waals surface area (Å²) in [5.74, 6) is 0.0901. The average Bonchev–Trinajstić information content (AvgIpc) is 3.09. The molecule has 0 aromatic rings. The molecule has 0 spiro atoms. The first-order valence-electron chi connectivity index (χ1n) is 5.56. The molecule has 0 unspecified atom stereocenters. The smallest absolute Gasteiger partial charge is 0.236 e. The molecule has 6 heteroatoms. The lowest BCUT2D eigenvalue weighted by Crippen LogP contribution is -2.51. The number of hydrogen-bond acceptors (Lipinski definition) is 4. The molecule has 0 aromatic heterocycles. The Labute approximate surface area is 94.7 Å². The molecule has 6 nitrogen and oxygen atoms in total. The van der Waals surface area contributed by atoms with E-state index in [2.05, 4.69) is 10.1 Å². The van der Waals surface area contributed by atoms with Crippen molar-refractivity contribution in [3.05, 3.63) is 0 Å². The van der Waals surface area contributed by atoms with Gasteiger partial charge in [-0.15, -0.1) is 0 Å². The highest BCUT2D eigenvalue weighted by atomic mass is 16.4. The number of oxime groups is 1. The molecule has 1 saturated carbocycles. The van der Waals surface area contributed by atoms with Gasteiger partial charge in [0, 0.05) is 26.2 Å². The largest absolute Gasteiger partial charge is 0.409 e. The van der Waals surface area contributed by atoms with Gasteiger partial charge < -0.3 is 20.7 Å². The molecule has 1 saturated heterocycles. The van der Waals surface area contributed by atoms with Gasteiger partial charge in [-0.25, -0.2) is 0 Å². The fourth-order valence-corrected chi connectivity index (χ4v) is 2.11. The highest BCUT2D eigenvalue weighted by Crippen LogP contribution is 2.47. The Hall–Kier alpha value is -1.30. The van der Waals surface area contributed by atoms with Gasteiger partial charge in [0.2, 0.25) is 5.91 Å². The maximum Gasteiger partial charge on any atom is 0.236 e. The Bertz CT molecular complexity index is 317. The van der Waals surface area contributed by atoms with E-state index in [1.807, 2.05) is 11.9 Å². The Morgan fingerprint density at radius 2 is 1.88 bits per heavy atom. The van der Waals surface area contributed by atoms with E-state index in [4.69, 9.17) is 10.9 Å². The zero-order valence-electron chi connectivity index (χ0n) is 9.52. The molecule has 16 heavy (non-hydrogen) atoms. The Balaban J connectivity index is 2.03. The molecule has 1 aliphatic carbocycles. The zero-order chi connectivity index (χ0) is 11.8. The number of hydrogen-bond donors (Lipinski definition) is 2. The fraction of sp³-hybridized carbons (Fsp3) is 0.800. The number of carbonyl (C=O) groups excluding carboxylic acids is 1. The van der Waals surface area contributed by atoms with E-state index in [-0.39, 0.29) is 11.7 Å². The van der Waals surface area contributed by atoms with Crippen LogP contribution in [0, 0.1) is 5.41 Å². The molecular formula is C10H18N4O2. The van der Waals surface area contributed by atoms with Crippen molar-refractivity contribution in [1.29, 1.82) is 0 Å². The maximum atomic E-state index is 12.2. The van der Waals surface area contributed by atoms with Gasteiger partial charge in [0.15, 0.2) is 5.84 Å². The van der Waals surface area contributed by atoms with Crippen LogP contribution in [0.3, 0.4) is 0 Å². The van der Waals surface area contributed by atoms with E-state index in [1.54, 1.807) is 0 Å². The van der Waals surface area contributed by atoms with Crippen LogP contribution in [0.4, 0.5) is 0 Å². The van der Waals surface area contributed by atoms with Gasteiger partial charge >= 0.3 is 0 Å². The molecule has 1 heterocycles. The second kappa shape index (κ2) is 3.93. The first kappa shape index (κ1) is 11.2. The molecule has 2 rings (SSSR count). The number of amides is 1. The lowest BCUT2D eigenvalue weighted by Gasteiger charge is -2.34. The number of nitrogens with two attached hydrogens (primary N) is 1. The van der Waals surface area contributed by atoms with Gasteiger partial charge in [-0.3, -0.25) is 4.79 Å². The van der Waals surface area contributed by atoms with Crippen molar-refractivity contribution in [2.45, 2.75) is 12.8 Å². The molecule has 0 bridgehead atoms. The number of nitrogens with zero attached hydrogens (tertiary/aromatic N) is 3. The first-order chi connectivity index (χ1) is 7.60. The lowest BCUT2D eigenvalue weighted by atomic mass is 10.0. The minimum Gasteiger partial charge on any atom is -0.409 e. The van der Waals surface area contributed by atoms with Gasteiger partial charge in [-0.05, 0) is 19.9 Å². The maximum absolute atomic E-state index is 12.2. The molecule has 2 aliphatic rings. The van der Waals surface area contributed by atoms with Crippen molar-refractivity contribution in [2.75, 3.05) is 33.2 Å². The van der Waals surface area contributed by atoms with Crippen LogP contribution >= 0.6 is 0 Å². The van der Waals surface area contributed by atoms with Crippen molar-refractivity contribution < 1.29 is 10.0 Å². The molecule has 3 N–H and O–H groups in total. The average molecular weight is 226 g/mol. The van der Waals surface area contributed by atoms with E-state index in [9.17, 15) is 4.79 Å². The van der Waals surface area contributed by atoms with Crippen LogP contribution in [-0.4, -0.2) is 60.0 Å². The van der Waals surface area contributed by atoms with Crippen LogP contribution in [0.1, 0.15) is 12.8 Å². The minimum atomic E-state index is -0.690. The minimum absolute atomic E-state index is 0.0240. The predicted octanol–water partition coefficient (Wildman–Crippen LogP) is -0.713. The summed E-state index contributed by atoms with van der Waals surface area (Å²) in [4.78, 5) is 16.2. The van der Waals surface area contributed by atoms with Gasteiger partial charge in [0.1, 0.15) is 5.41 Å². The van der Waals surface area contributed by atoms with E-state index in [0.29, 0.717) is 12.8 Å². The van der Waals surface area contributed by atoms with Gasteiger partial charge in [0.25, 0.3) is 0 Å². The SMILES string of the molecule is CN1CCN(C(=O)C2(C(N)=NO)CC2)CC1. The number of amidine groups is 1. The Morgan fingerprint density at radius 3 is 2.31 bits per heavy atom. The summed E-state index contributed by atoms with van der Waals surface area (Å²) in [6.45, 7) is 3.24. The van der Waals surface area contributed by atoms with Crippen LogP contribution in [0.15, 0.2) is 5.16 Å². The molecule has 0 atom stereocenters. The standard InChI is InChI=1S/C10H18N4O2/c1-13-4-6-14(7-5-13)9(15)10(2-3-10)8(11)12-16/h16H,2-7H2,1H3,(H2,11,12). The van der Waals surface area contributed by atoms with Gasteiger partial charge in [-0.1, -0.05) is 5.16 Å². The van der Waals surface area contributed by atoms with Crippen LogP contribution in [-0.2, 0) is 4.79 Å². The van der Waals surface area contributed by atoms with Crippen LogP contribution in [0.2, 0.25) is 0 Å². The summed E-state index contributed by atoms with van der Waals surface area (Å²) in [6.07, 6.45) is 1.40. The molecule has 90 valence electrons. The Morgan fingerprint density at radius 1 is 1.31 bits per heavy atom. The number of likely N-dealkylation sites (N-methyl/N-ethyl adjacent to an activating group) is 1.